The van der Waals surface area contributed by atoms with E-state index in [1.165, 1.54) is 12.1 Å². The van der Waals surface area contributed by atoms with Crippen molar-refractivity contribution < 1.29 is 23.4 Å². The third-order valence-electron chi connectivity index (χ3n) is 11.5. The van der Waals surface area contributed by atoms with Crippen LogP contribution in [0.1, 0.15) is 73.5 Å². The molecule has 3 aromatic rings. The Kier molecular flexibility index (Phi) is 7.32. The van der Waals surface area contributed by atoms with E-state index in [1.54, 1.807) is 17.0 Å². The molecule has 11 heteroatoms. The highest BCUT2D eigenvalue weighted by Crippen LogP contribution is 2.45. The highest BCUT2D eigenvalue weighted by atomic mass is 19.1. The molecular weight excluding hydrogens is 590 g/mol. The van der Waals surface area contributed by atoms with Crippen LogP contribution in [0.2, 0.25) is 0 Å². The van der Waals surface area contributed by atoms with Crippen molar-refractivity contribution in [2.75, 3.05) is 55.7 Å². The van der Waals surface area contributed by atoms with Crippen LogP contribution in [0.15, 0.2) is 24.3 Å². The Morgan fingerprint density at radius 1 is 1.09 bits per heavy atom. The van der Waals surface area contributed by atoms with Crippen LogP contribution in [0.4, 0.5) is 20.3 Å². The van der Waals surface area contributed by atoms with Gasteiger partial charge in [0.25, 0.3) is 5.91 Å². The van der Waals surface area contributed by atoms with Gasteiger partial charge in [-0.3, -0.25) is 9.69 Å². The molecule has 4 fully saturated rings. The third kappa shape index (κ3) is 4.89. The van der Waals surface area contributed by atoms with E-state index in [0.717, 1.165) is 71.2 Å². The molecule has 6 heterocycles. The van der Waals surface area contributed by atoms with Crippen molar-refractivity contribution in [3.63, 3.8) is 0 Å². The number of hydrogen-bond acceptors (Lipinski definition) is 8. The first-order chi connectivity index (χ1) is 22.3. The highest BCUT2D eigenvalue weighted by Gasteiger charge is 2.49. The fourth-order valence-corrected chi connectivity index (χ4v) is 8.98. The van der Waals surface area contributed by atoms with Crippen LogP contribution in [0.5, 0.6) is 11.8 Å². The lowest BCUT2D eigenvalue weighted by Gasteiger charge is -2.45. The SMILES string of the molecule is CCc1c(F)ccc2cc(O)cc(N3Cc4nc(OC[C@@]56CCCN5C[C@H](F)C6)nc(N5CCC6(CCNCC6)CC5)c4C3=O)c12. The van der Waals surface area contributed by atoms with Crippen LogP contribution in [-0.4, -0.2) is 83.5 Å². The number of alkyl halides is 1. The molecule has 244 valence electrons. The predicted molar refractivity (Wildman–Crippen MR) is 172 cm³/mol. The van der Waals surface area contributed by atoms with E-state index in [2.05, 4.69) is 15.1 Å². The number of nitrogens with one attached hydrogen (secondary N) is 1. The molecule has 0 radical (unpaired) electrons. The maximum absolute atomic E-state index is 15.0. The van der Waals surface area contributed by atoms with Crippen LogP contribution in [-0.2, 0) is 13.0 Å². The van der Waals surface area contributed by atoms with Crippen molar-refractivity contribution in [3.05, 3.63) is 46.9 Å². The normalized spacial score (nSPS) is 25.9. The van der Waals surface area contributed by atoms with Gasteiger partial charge in [-0.2, -0.15) is 9.97 Å². The molecule has 8 rings (SSSR count). The minimum absolute atomic E-state index is 0.00153. The van der Waals surface area contributed by atoms with Crippen molar-refractivity contribution in [1.29, 1.82) is 0 Å². The van der Waals surface area contributed by atoms with E-state index < -0.39 is 6.17 Å². The second-order valence-corrected chi connectivity index (χ2v) is 14.1. The number of benzene rings is 2. The molecule has 46 heavy (non-hydrogen) atoms. The molecule has 2 aromatic carbocycles. The molecular formula is C35H42F2N6O3. The number of amides is 1. The maximum atomic E-state index is 15.0. The standard InChI is InChI=1S/C35H42F2N6O3/c1-2-25-26(37)5-4-22-16-24(44)17-28(29(22)25)43-20-27-30(32(43)45)31(41-14-9-34(10-15-41)7-11-38-12-8-34)40-33(39-27)46-21-35-6-3-13-42(35)19-23(36)18-35/h4-5,16-17,23,38,44H,2-3,6-15,18-21H2,1H3/t23-,35+/m1/s1. The Labute approximate surface area is 267 Å². The zero-order valence-electron chi connectivity index (χ0n) is 26.5. The smallest absolute Gasteiger partial charge is 0.318 e. The molecule has 5 aliphatic heterocycles. The summed E-state index contributed by atoms with van der Waals surface area (Å²) in [5.74, 6) is -0.0430. The van der Waals surface area contributed by atoms with Crippen molar-refractivity contribution in [3.8, 4) is 11.8 Å². The lowest BCUT2D eigenvalue weighted by molar-refractivity contribution is 0.0995. The summed E-state index contributed by atoms with van der Waals surface area (Å²) in [6, 6.07) is 6.39. The van der Waals surface area contributed by atoms with Gasteiger partial charge in [0.15, 0.2) is 0 Å². The average molecular weight is 633 g/mol. The van der Waals surface area contributed by atoms with Crippen LogP contribution < -0.4 is 19.9 Å². The fourth-order valence-electron chi connectivity index (χ4n) is 8.98. The van der Waals surface area contributed by atoms with Crippen molar-refractivity contribution in [2.45, 2.75) is 76.5 Å². The summed E-state index contributed by atoms with van der Waals surface area (Å²) in [6.07, 6.45) is 6.25. The number of carbonyl (C=O) groups is 1. The summed E-state index contributed by atoms with van der Waals surface area (Å²) in [7, 11) is 0. The predicted octanol–water partition coefficient (Wildman–Crippen LogP) is 5.12. The number of piperidine rings is 2. The van der Waals surface area contributed by atoms with Gasteiger partial charge >= 0.3 is 6.01 Å². The van der Waals surface area contributed by atoms with Gasteiger partial charge in [-0.1, -0.05) is 13.0 Å². The number of halogens is 2. The van der Waals surface area contributed by atoms with Crippen LogP contribution in [0, 0.1) is 11.2 Å². The summed E-state index contributed by atoms with van der Waals surface area (Å²) in [5, 5.41) is 15.4. The number of rotatable bonds is 6. The van der Waals surface area contributed by atoms with Gasteiger partial charge in [0.1, 0.15) is 35.7 Å². The largest absolute Gasteiger partial charge is 0.508 e. The summed E-state index contributed by atoms with van der Waals surface area (Å²) < 4.78 is 35.9. The zero-order valence-corrected chi connectivity index (χ0v) is 26.5. The Balaban J connectivity index is 1.17. The molecule has 0 unspecified atom stereocenters. The number of aromatic hydroxyl groups is 1. The van der Waals surface area contributed by atoms with Gasteiger partial charge in [0, 0.05) is 37.5 Å². The molecule has 1 spiro atoms. The number of hydrogen-bond donors (Lipinski definition) is 2. The molecule has 1 amide bonds. The number of fused-ring (bicyclic) bond motifs is 3. The van der Waals surface area contributed by atoms with Gasteiger partial charge in [-0.05, 0) is 93.1 Å². The second-order valence-electron chi connectivity index (χ2n) is 14.1. The molecule has 9 nitrogen and oxygen atoms in total. The summed E-state index contributed by atoms with van der Waals surface area (Å²) in [4.78, 5) is 30.1. The molecule has 4 saturated heterocycles. The fraction of sp³-hybridized carbons (Fsp3) is 0.571. The lowest BCUT2D eigenvalue weighted by Crippen LogP contribution is -2.46. The maximum Gasteiger partial charge on any atom is 0.318 e. The van der Waals surface area contributed by atoms with Crippen LogP contribution in [0.25, 0.3) is 10.8 Å². The number of nitrogens with zero attached hydrogens (tertiary/aromatic N) is 5. The van der Waals surface area contributed by atoms with Crippen molar-refractivity contribution in [1.82, 2.24) is 20.2 Å². The molecule has 1 aromatic heterocycles. The first-order valence-electron chi connectivity index (χ1n) is 16.9. The quantitative estimate of drug-likeness (QED) is 0.387. The van der Waals surface area contributed by atoms with E-state index in [-0.39, 0.29) is 35.6 Å². The Morgan fingerprint density at radius 2 is 1.89 bits per heavy atom. The molecule has 2 atom stereocenters. The zero-order chi connectivity index (χ0) is 31.6. The monoisotopic (exact) mass is 632 g/mol. The van der Waals surface area contributed by atoms with Gasteiger partial charge in [0.2, 0.25) is 0 Å². The number of anilines is 2. The Morgan fingerprint density at radius 3 is 2.67 bits per heavy atom. The van der Waals surface area contributed by atoms with Gasteiger partial charge in [-0.15, -0.1) is 0 Å². The van der Waals surface area contributed by atoms with E-state index in [1.807, 2.05) is 6.92 Å². The van der Waals surface area contributed by atoms with Gasteiger partial charge in [0.05, 0.1) is 23.5 Å². The molecule has 5 aliphatic rings. The second kappa shape index (κ2) is 11.3. The molecule has 0 saturated carbocycles. The van der Waals surface area contributed by atoms with Gasteiger partial charge < -0.3 is 25.0 Å². The topological polar surface area (TPSA) is 94.1 Å². The van der Waals surface area contributed by atoms with E-state index in [4.69, 9.17) is 14.7 Å². The van der Waals surface area contributed by atoms with Crippen LogP contribution in [0.3, 0.4) is 0 Å². The number of ether oxygens (including phenoxy) is 1. The van der Waals surface area contributed by atoms with Gasteiger partial charge in [-0.25, -0.2) is 8.78 Å². The number of phenolic OH excluding ortho intramolecular Hbond substituents is 1. The summed E-state index contributed by atoms with van der Waals surface area (Å²) in [6.45, 7) is 7.25. The van der Waals surface area contributed by atoms with E-state index in [9.17, 15) is 14.3 Å². The van der Waals surface area contributed by atoms with Crippen LogP contribution >= 0.6 is 0 Å². The Hall–Kier alpha value is -3.57. The van der Waals surface area contributed by atoms with Crippen molar-refractivity contribution in [2.24, 2.45) is 5.41 Å². The summed E-state index contributed by atoms with van der Waals surface area (Å²) >= 11 is 0. The molecule has 2 N–H and O–H groups in total. The van der Waals surface area contributed by atoms with E-state index in [0.29, 0.717) is 70.5 Å². The number of phenols is 1. The highest BCUT2D eigenvalue weighted by molar-refractivity contribution is 6.16. The molecule has 0 aliphatic carbocycles. The number of carbonyl (C=O) groups excluding carboxylic acids is 1. The number of aromatic nitrogens is 2. The third-order valence-corrected chi connectivity index (χ3v) is 11.5. The number of aryl methyl sites for hydroxylation is 1. The first kappa shape index (κ1) is 29.8. The average Bonchev–Trinajstić information content (AvgIpc) is 3.69. The minimum atomic E-state index is -0.864. The van der Waals surface area contributed by atoms with Crippen molar-refractivity contribution >= 4 is 28.2 Å². The molecule has 0 bridgehead atoms. The summed E-state index contributed by atoms with van der Waals surface area (Å²) in [5.41, 5.74) is 1.90. The minimum Gasteiger partial charge on any atom is -0.508 e. The first-order valence-corrected chi connectivity index (χ1v) is 16.9. The Bertz CT molecular complexity index is 1690. The van der Waals surface area contributed by atoms with E-state index >= 15 is 4.39 Å². The lowest BCUT2D eigenvalue weighted by atomic mass is 9.71.